The molecule has 0 heterocycles. The average molecular weight is 359 g/mol. The van der Waals surface area contributed by atoms with Gasteiger partial charge in [0, 0.05) is 0 Å². The van der Waals surface area contributed by atoms with Gasteiger partial charge >= 0.3 is 0 Å². The maximum atomic E-state index is 12.8. The van der Waals surface area contributed by atoms with Crippen molar-refractivity contribution >= 4 is 5.91 Å². The number of hydrogen-bond acceptors (Lipinski definition) is 2. The van der Waals surface area contributed by atoms with E-state index < -0.39 is 0 Å². The molecule has 1 atom stereocenters. The minimum Gasteiger partial charge on any atom is -0.488 e. The lowest BCUT2D eigenvalue weighted by molar-refractivity contribution is 0.0935. The number of rotatable bonds is 6. The molecule has 3 nitrogen and oxygen atoms in total. The van der Waals surface area contributed by atoms with Crippen LogP contribution in [-0.4, -0.2) is 5.91 Å². The first kappa shape index (κ1) is 18.7. The van der Waals surface area contributed by atoms with Crippen LogP contribution in [0.5, 0.6) is 5.75 Å². The van der Waals surface area contributed by atoms with E-state index in [1.165, 1.54) is 11.1 Å². The smallest absolute Gasteiger partial charge is 0.255 e. The molecule has 0 spiro atoms. The highest BCUT2D eigenvalue weighted by Crippen LogP contribution is 2.22. The van der Waals surface area contributed by atoms with Crippen molar-refractivity contribution in [1.82, 2.24) is 5.32 Å². The molecule has 0 aromatic heterocycles. The first-order valence-corrected chi connectivity index (χ1v) is 9.18. The SMILES string of the molecule is Cc1ccc(C(C)NC(=O)c2ccccc2OCc2ccccc2)cc1C. The first-order valence-electron chi connectivity index (χ1n) is 9.18. The Labute approximate surface area is 161 Å². The number of aryl methyl sites for hydroxylation is 2. The second-order valence-corrected chi connectivity index (χ2v) is 6.81. The van der Waals surface area contributed by atoms with E-state index in [9.17, 15) is 4.79 Å². The maximum absolute atomic E-state index is 12.8. The molecular weight excluding hydrogens is 334 g/mol. The minimum atomic E-state index is -0.135. The van der Waals surface area contributed by atoms with E-state index >= 15 is 0 Å². The van der Waals surface area contributed by atoms with Crippen molar-refractivity contribution in [1.29, 1.82) is 0 Å². The summed E-state index contributed by atoms with van der Waals surface area (Å²) in [6.07, 6.45) is 0. The van der Waals surface area contributed by atoms with Crippen molar-refractivity contribution in [3.63, 3.8) is 0 Å². The molecule has 1 unspecified atom stereocenters. The van der Waals surface area contributed by atoms with Crippen LogP contribution < -0.4 is 10.1 Å². The normalized spacial score (nSPS) is 11.7. The summed E-state index contributed by atoms with van der Waals surface area (Å²) in [4.78, 5) is 12.8. The molecule has 0 saturated heterocycles. The Bertz CT molecular complexity index is 919. The van der Waals surface area contributed by atoms with E-state index in [2.05, 4.69) is 37.4 Å². The number of para-hydroxylation sites is 1. The number of nitrogens with one attached hydrogen (secondary N) is 1. The number of carbonyl (C=O) groups excluding carboxylic acids is 1. The summed E-state index contributed by atoms with van der Waals surface area (Å²) >= 11 is 0. The van der Waals surface area contributed by atoms with Crippen molar-refractivity contribution < 1.29 is 9.53 Å². The summed E-state index contributed by atoms with van der Waals surface area (Å²) in [6.45, 7) is 6.59. The van der Waals surface area contributed by atoms with E-state index in [4.69, 9.17) is 4.74 Å². The van der Waals surface area contributed by atoms with Crippen LogP contribution in [0.3, 0.4) is 0 Å². The third kappa shape index (κ3) is 4.76. The van der Waals surface area contributed by atoms with Crippen molar-refractivity contribution in [3.05, 3.63) is 101 Å². The fourth-order valence-corrected chi connectivity index (χ4v) is 2.91. The Balaban J connectivity index is 1.71. The molecule has 1 amide bonds. The molecule has 27 heavy (non-hydrogen) atoms. The van der Waals surface area contributed by atoms with Gasteiger partial charge in [-0.2, -0.15) is 0 Å². The average Bonchev–Trinajstić information content (AvgIpc) is 2.69. The zero-order valence-corrected chi connectivity index (χ0v) is 16.0. The minimum absolute atomic E-state index is 0.0843. The monoisotopic (exact) mass is 359 g/mol. The Hall–Kier alpha value is -3.07. The third-order valence-corrected chi connectivity index (χ3v) is 4.75. The van der Waals surface area contributed by atoms with Gasteiger partial charge in [-0.05, 0) is 55.2 Å². The Kier molecular flexibility index (Phi) is 5.92. The van der Waals surface area contributed by atoms with E-state index in [0.717, 1.165) is 11.1 Å². The summed E-state index contributed by atoms with van der Waals surface area (Å²) in [5, 5.41) is 3.08. The Morgan fingerprint density at radius 3 is 2.37 bits per heavy atom. The molecule has 3 heteroatoms. The van der Waals surface area contributed by atoms with Gasteiger partial charge in [0.05, 0.1) is 11.6 Å². The van der Waals surface area contributed by atoms with Gasteiger partial charge in [0.1, 0.15) is 12.4 Å². The lowest BCUT2D eigenvalue weighted by Crippen LogP contribution is -2.27. The number of benzene rings is 3. The molecule has 1 N–H and O–H groups in total. The molecule has 138 valence electrons. The summed E-state index contributed by atoms with van der Waals surface area (Å²) in [6, 6.07) is 23.5. The zero-order chi connectivity index (χ0) is 19.2. The molecule has 0 fully saturated rings. The molecule has 3 rings (SSSR count). The molecule has 0 aliphatic heterocycles. The quantitative estimate of drug-likeness (QED) is 0.642. The summed E-state index contributed by atoms with van der Waals surface area (Å²) in [5.41, 5.74) is 5.17. The highest BCUT2D eigenvalue weighted by molar-refractivity contribution is 5.97. The standard InChI is InChI=1S/C24H25NO2/c1-17-13-14-21(15-18(17)2)19(3)25-24(26)22-11-7-8-12-23(22)27-16-20-9-5-4-6-10-20/h4-15,19H,16H2,1-3H3,(H,25,26). The van der Waals surface area contributed by atoms with Crippen LogP contribution in [0.1, 0.15) is 45.6 Å². The zero-order valence-electron chi connectivity index (χ0n) is 16.0. The predicted octanol–water partition coefficient (Wildman–Crippen LogP) is 5.37. The van der Waals surface area contributed by atoms with E-state index in [0.29, 0.717) is 17.9 Å². The molecule has 3 aromatic carbocycles. The van der Waals surface area contributed by atoms with E-state index in [1.54, 1.807) is 6.07 Å². The van der Waals surface area contributed by atoms with Crippen molar-refractivity contribution in [3.8, 4) is 5.75 Å². The topological polar surface area (TPSA) is 38.3 Å². The largest absolute Gasteiger partial charge is 0.488 e. The van der Waals surface area contributed by atoms with Gasteiger partial charge in [-0.3, -0.25) is 4.79 Å². The van der Waals surface area contributed by atoms with Crippen LogP contribution in [0.4, 0.5) is 0 Å². The molecule has 0 bridgehead atoms. The van der Waals surface area contributed by atoms with Crippen LogP contribution in [0.2, 0.25) is 0 Å². The molecule has 0 saturated carbocycles. The number of hydrogen-bond donors (Lipinski definition) is 1. The van der Waals surface area contributed by atoms with Gasteiger partial charge in [0.15, 0.2) is 0 Å². The van der Waals surface area contributed by atoms with E-state index in [1.807, 2.05) is 55.5 Å². The molecule has 0 aliphatic rings. The fourth-order valence-electron chi connectivity index (χ4n) is 2.91. The van der Waals surface area contributed by atoms with Crippen LogP contribution in [0.15, 0.2) is 72.8 Å². The van der Waals surface area contributed by atoms with Crippen LogP contribution >= 0.6 is 0 Å². The van der Waals surface area contributed by atoms with Gasteiger partial charge in [0.25, 0.3) is 5.91 Å². The lowest BCUT2D eigenvalue weighted by atomic mass is 10.0. The lowest BCUT2D eigenvalue weighted by Gasteiger charge is -2.17. The summed E-state index contributed by atoms with van der Waals surface area (Å²) in [7, 11) is 0. The highest BCUT2D eigenvalue weighted by Gasteiger charge is 2.16. The van der Waals surface area contributed by atoms with Crippen molar-refractivity contribution in [2.24, 2.45) is 0 Å². The third-order valence-electron chi connectivity index (χ3n) is 4.75. The Morgan fingerprint density at radius 2 is 1.63 bits per heavy atom. The molecule has 0 aliphatic carbocycles. The fraction of sp³-hybridized carbons (Fsp3) is 0.208. The number of ether oxygens (including phenoxy) is 1. The van der Waals surface area contributed by atoms with Crippen LogP contribution in [-0.2, 0) is 6.61 Å². The van der Waals surface area contributed by atoms with Crippen molar-refractivity contribution in [2.45, 2.75) is 33.4 Å². The second kappa shape index (κ2) is 8.54. The number of amides is 1. The van der Waals surface area contributed by atoms with Crippen LogP contribution in [0, 0.1) is 13.8 Å². The molecule has 3 aromatic rings. The summed E-state index contributed by atoms with van der Waals surface area (Å²) < 4.78 is 5.91. The summed E-state index contributed by atoms with van der Waals surface area (Å²) in [5.74, 6) is 0.454. The first-order chi connectivity index (χ1) is 13.0. The molecule has 0 radical (unpaired) electrons. The second-order valence-electron chi connectivity index (χ2n) is 6.81. The van der Waals surface area contributed by atoms with Gasteiger partial charge in [-0.15, -0.1) is 0 Å². The van der Waals surface area contributed by atoms with Crippen molar-refractivity contribution in [2.75, 3.05) is 0 Å². The highest BCUT2D eigenvalue weighted by atomic mass is 16.5. The van der Waals surface area contributed by atoms with Gasteiger partial charge < -0.3 is 10.1 Å². The van der Waals surface area contributed by atoms with Gasteiger partial charge in [-0.1, -0.05) is 60.7 Å². The number of carbonyl (C=O) groups is 1. The predicted molar refractivity (Wildman–Crippen MR) is 109 cm³/mol. The molecular formula is C24H25NO2. The van der Waals surface area contributed by atoms with Crippen LogP contribution in [0.25, 0.3) is 0 Å². The maximum Gasteiger partial charge on any atom is 0.255 e. The Morgan fingerprint density at radius 1 is 0.926 bits per heavy atom. The van der Waals surface area contributed by atoms with Gasteiger partial charge in [0.2, 0.25) is 0 Å². The van der Waals surface area contributed by atoms with Gasteiger partial charge in [-0.25, -0.2) is 0 Å². The van der Waals surface area contributed by atoms with E-state index in [-0.39, 0.29) is 11.9 Å².